The predicted molar refractivity (Wildman–Crippen MR) is 95.8 cm³/mol. The van der Waals surface area contributed by atoms with Crippen LogP contribution >= 0.6 is 0 Å². The summed E-state index contributed by atoms with van der Waals surface area (Å²) in [7, 11) is 1.67. The Bertz CT molecular complexity index is 773. The zero-order valence-electron chi connectivity index (χ0n) is 14.5. The van der Waals surface area contributed by atoms with Crippen LogP contribution in [0.15, 0.2) is 48.5 Å². The third-order valence-corrected chi connectivity index (χ3v) is 5.24. The molecular formula is C21H23NO3. The molecular weight excluding hydrogens is 314 g/mol. The summed E-state index contributed by atoms with van der Waals surface area (Å²) in [5, 5.41) is 0. The van der Waals surface area contributed by atoms with Gasteiger partial charge in [-0.2, -0.15) is 0 Å². The van der Waals surface area contributed by atoms with Crippen molar-refractivity contribution in [3.63, 3.8) is 0 Å². The van der Waals surface area contributed by atoms with Crippen LogP contribution in [-0.2, 0) is 11.2 Å². The second-order valence-electron chi connectivity index (χ2n) is 6.79. The zero-order chi connectivity index (χ0) is 17.2. The monoisotopic (exact) mass is 337 g/mol. The second kappa shape index (κ2) is 6.79. The molecule has 2 aromatic rings. The summed E-state index contributed by atoms with van der Waals surface area (Å²) in [5.74, 6) is 1.87. The minimum absolute atomic E-state index is 0.0962. The maximum Gasteiger partial charge on any atom is 0.229 e. The Kier molecular flexibility index (Phi) is 4.35. The highest BCUT2D eigenvalue weighted by molar-refractivity contribution is 5.80. The molecule has 2 aromatic carbocycles. The normalized spacial score (nSPS) is 22.2. The lowest BCUT2D eigenvalue weighted by atomic mass is 9.94. The van der Waals surface area contributed by atoms with E-state index in [1.165, 1.54) is 0 Å². The van der Waals surface area contributed by atoms with Crippen LogP contribution in [0.5, 0.6) is 11.5 Å². The SMILES string of the molecule is COc1cccc(C2CCCN2C(=O)C2COc3ccccc3C2)c1. The van der Waals surface area contributed by atoms with Crippen molar-refractivity contribution in [1.82, 2.24) is 4.90 Å². The highest BCUT2D eigenvalue weighted by Crippen LogP contribution is 2.36. The van der Waals surface area contributed by atoms with E-state index in [2.05, 4.69) is 12.1 Å². The summed E-state index contributed by atoms with van der Waals surface area (Å²) in [4.78, 5) is 15.2. The summed E-state index contributed by atoms with van der Waals surface area (Å²) in [6.07, 6.45) is 2.80. The van der Waals surface area contributed by atoms with Crippen LogP contribution in [0.2, 0.25) is 0 Å². The van der Waals surface area contributed by atoms with E-state index in [0.717, 1.165) is 48.4 Å². The quantitative estimate of drug-likeness (QED) is 0.859. The van der Waals surface area contributed by atoms with E-state index in [9.17, 15) is 4.79 Å². The van der Waals surface area contributed by atoms with Gasteiger partial charge < -0.3 is 14.4 Å². The van der Waals surface area contributed by atoms with Crippen molar-refractivity contribution in [1.29, 1.82) is 0 Å². The summed E-state index contributed by atoms with van der Waals surface area (Å²) in [6.45, 7) is 1.29. The van der Waals surface area contributed by atoms with Gasteiger partial charge in [0.15, 0.2) is 0 Å². The summed E-state index contributed by atoms with van der Waals surface area (Å²) >= 11 is 0. The van der Waals surface area contributed by atoms with E-state index in [1.807, 2.05) is 41.3 Å². The van der Waals surface area contributed by atoms with Crippen molar-refractivity contribution in [2.75, 3.05) is 20.3 Å². The van der Waals surface area contributed by atoms with Crippen molar-refractivity contribution in [2.45, 2.75) is 25.3 Å². The largest absolute Gasteiger partial charge is 0.497 e. The number of nitrogens with zero attached hydrogens (tertiary/aromatic N) is 1. The number of fused-ring (bicyclic) bond motifs is 1. The summed E-state index contributed by atoms with van der Waals surface area (Å²) < 4.78 is 11.2. The number of carbonyl (C=O) groups is 1. The molecule has 0 bridgehead atoms. The van der Waals surface area contributed by atoms with Gasteiger partial charge >= 0.3 is 0 Å². The lowest BCUT2D eigenvalue weighted by Crippen LogP contribution is -2.40. The van der Waals surface area contributed by atoms with Gasteiger partial charge in [0.2, 0.25) is 5.91 Å². The van der Waals surface area contributed by atoms with Gasteiger partial charge in [-0.3, -0.25) is 4.79 Å². The predicted octanol–water partition coefficient (Wildman–Crippen LogP) is 3.61. The number of benzene rings is 2. The third kappa shape index (κ3) is 3.09. The number of carbonyl (C=O) groups excluding carboxylic acids is 1. The molecule has 1 fully saturated rings. The van der Waals surface area contributed by atoms with Gasteiger partial charge in [0, 0.05) is 6.54 Å². The first-order chi connectivity index (χ1) is 12.3. The average molecular weight is 337 g/mol. The van der Waals surface area contributed by atoms with Crippen molar-refractivity contribution < 1.29 is 14.3 Å². The van der Waals surface area contributed by atoms with Crippen LogP contribution in [-0.4, -0.2) is 31.1 Å². The molecule has 0 spiro atoms. The van der Waals surface area contributed by atoms with Crippen LogP contribution in [0.4, 0.5) is 0 Å². The molecule has 2 unspecified atom stereocenters. The molecule has 0 saturated carbocycles. The van der Waals surface area contributed by atoms with Crippen molar-refractivity contribution >= 4 is 5.91 Å². The fourth-order valence-electron chi connectivity index (χ4n) is 3.95. The minimum Gasteiger partial charge on any atom is -0.497 e. The van der Waals surface area contributed by atoms with E-state index in [-0.39, 0.29) is 17.9 Å². The van der Waals surface area contributed by atoms with Crippen LogP contribution in [0.1, 0.15) is 30.0 Å². The lowest BCUT2D eigenvalue weighted by molar-refractivity contribution is -0.137. The summed E-state index contributed by atoms with van der Waals surface area (Å²) in [5.41, 5.74) is 2.28. The smallest absolute Gasteiger partial charge is 0.229 e. The number of hydrogen-bond acceptors (Lipinski definition) is 3. The second-order valence-corrected chi connectivity index (χ2v) is 6.79. The Morgan fingerprint density at radius 1 is 1.20 bits per heavy atom. The Balaban J connectivity index is 1.53. The molecule has 2 atom stereocenters. The Morgan fingerprint density at radius 2 is 2.08 bits per heavy atom. The zero-order valence-corrected chi connectivity index (χ0v) is 14.5. The molecule has 1 amide bonds. The maximum absolute atomic E-state index is 13.2. The standard InChI is InChI=1S/C21H23NO3/c1-24-18-8-4-7-15(13-18)19-9-5-11-22(19)21(23)17-12-16-6-2-3-10-20(16)25-14-17/h2-4,6-8,10,13,17,19H,5,9,11-12,14H2,1H3. The highest BCUT2D eigenvalue weighted by atomic mass is 16.5. The summed E-state index contributed by atoms with van der Waals surface area (Å²) in [6, 6.07) is 16.2. The van der Waals surface area contributed by atoms with Crippen molar-refractivity contribution in [2.24, 2.45) is 5.92 Å². The van der Waals surface area contributed by atoms with Gasteiger partial charge in [0.05, 0.1) is 19.1 Å². The van der Waals surface area contributed by atoms with Crippen LogP contribution in [0, 0.1) is 5.92 Å². The van der Waals surface area contributed by atoms with Crippen LogP contribution < -0.4 is 9.47 Å². The van der Waals surface area contributed by atoms with Crippen molar-refractivity contribution in [3.05, 3.63) is 59.7 Å². The Labute approximate surface area is 148 Å². The fraction of sp³-hybridized carbons (Fsp3) is 0.381. The number of ether oxygens (including phenoxy) is 2. The number of amides is 1. The topological polar surface area (TPSA) is 38.8 Å². The van der Waals surface area contributed by atoms with E-state index < -0.39 is 0 Å². The molecule has 25 heavy (non-hydrogen) atoms. The molecule has 0 aromatic heterocycles. The van der Waals surface area contributed by atoms with Crippen molar-refractivity contribution in [3.8, 4) is 11.5 Å². The molecule has 0 N–H and O–H groups in total. The van der Waals surface area contributed by atoms with E-state index in [1.54, 1.807) is 7.11 Å². The molecule has 2 aliphatic heterocycles. The molecule has 4 nitrogen and oxygen atoms in total. The molecule has 4 rings (SSSR count). The van der Waals surface area contributed by atoms with Gasteiger partial charge in [-0.25, -0.2) is 0 Å². The average Bonchev–Trinajstić information content (AvgIpc) is 3.17. The van der Waals surface area contributed by atoms with Gasteiger partial charge in [0.1, 0.15) is 18.1 Å². The van der Waals surface area contributed by atoms with E-state index >= 15 is 0 Å². The molecule has 1 saturated heterocycles. The van der Waals surface area contributed by atoms with Gasteiger partial charge in [-0.05, 0) is 48.6 Å². The molecule has 0 aliphatic carbocycles. The van der Waals surface area contributed by atoms with Crippen LogP contribution in [0.3, 0.4) is 0 Å². The molecule has 2 aliphatic rings. The minimum atomic E-state index is -0.0962. The first-order valence-electron chi connectivity index (χ1n) is 8.91. The fourth-order valence-corrected chi connectivity index (χ4v) is 3.95. The molecule has 0 radical (unpaired) electrons. The number of rotatable bonds is 3. The van der Waals surface area contributed by atoms with Gasteiger partial charge in [-0.15, -0.1) is 0 Å². The highest BCUT2D eigenvalue weighted by Gasteiger charge is 2.36. The Hall–Kier alpha value is -2.49. The first kappa shape index (κ1) is 16.0. The molecule has 2 heterocycles. The lowest BCUT2D eigenvalue weighted by Gasteiger charge is -2.31. The number of likely N-dealkylation sites (tertiary alicyclic amines) is 1. The number of hydrogen-bond donors (Lipinski definition) is 0. The number of para-hydroxylation sites is 1. The first-order valence-corrected chi connectivity index (χ1v) is 8.91. The third-order valence-electron chi connectivity index (χ3n) is 5.24. The van der Waals surface area contributed by atoms with E-state index in [4.69, 9.17) is 9.47 Å². The van der Waals surface area contributed by atoms with Crippen LogP contribution in [0.25, 0.3) is 0 Å². The maximum atomic E-state index is 13.2. The Morgan fingerprint density at radius 3 is 2.96 bits per heavy atom. The van der Waals surface area contributed by atoms with Gasteiger partial charge in [-0.1, -0.05) is 30.3 Å². The number of methoxy groups -OCH3 is 1. The van der Waals surface area contributed by atoms with Gasteiger partial charge in [0.25, 0.3) is 0 Å². The molecule has 130 valence electrons. The van der Waals surface area contributed by atoms with E-state index in [0.29, 0.717) is 6.61 Å². The molecule has 4 heteroatoms.